The predicted octanol–water partition coefficient (Wildman–Crippen LogP) is 4.44. The number of methoxy groups -OCH3 is 1. The summed E-state index contributed by atoms with van der Waals surface area (Å²) >= 11 is 9.52. The number of benzene rings is 2. The highest BCUT2D eigenvalue weighted by Gasteiger charge is 2.04. The van der Waals surface area contributed by atoms with Crippen LogP contribution >= 0.6 is 27.5 Å². The van der Waals surface area contributed by atoms with Crippen LogP contribution in [0.1, 0.15) is 0 Å². The van der Waals surface area contributed by atoms with E-state index in [4.69, 9.17) is 22.1 Å². The zero-order valence-corrected chi connectivity index (χ0v) is 12.0. The fraction of sp³-hybridized carbons (Fsp3) is 0.0769. The molecule has 0 amide bonds. The average molecular weight is 328 g/mol. The SMILES string of the molecule is COc1cc(Nc2cc(Br)ccc2Cl)ccc1N. The van der Waals surface area contributed by atoms with Crippen molar-refractivity contribution >= 4 is 44.6 Å². The summed E-state index contributed by atoms with van der Waals surface area (Å²) in [6.45, 7) is 0. The Kier molecular flexibility index (Phi) is 3.99. The topological polar surface area (TPSA) is 47.3 Å². The molecule has 0 saturated carbocycles. The van der Waals surface area contributed by atoms with E-state index < -0.39 is 0 Å². The average Bonchev–Trinajstić information content (AvgIpc) is 2.36. The quantitative estimate of drug-likeness (QED) is 0.819. The van der Waals surface area contributed by atoms with E-state index in [1.54, 1.807) is 13.2 Å². The Morgan fingerprint density at radius 3 is 2.72 bits per heavy atom. The molecule has 0 bridgehead atoms. The van der Waals surface area contributed by atoms with Crippen molar-refractivity contribution in [1.82, 2.24) is 0 Å². The third-order valence-corrected chi connectivity index (χ3v) is 3.26. The number of hydrogen-bond acceptors (Lipinski definition) is 3. The smallest absolute Gasteiger partial charge is 0.143 e. The summed E-state index contributed by atoms with van der Waals surface area (Å²) < 4.78 is 6.13. The van der Waals surface area contributed by atoms with Gasteiger partial charge in [-0.05, 0) is 30.3 Å². The Morgan fingerprint density at radius 2 is 2.00 bits per heavy atom. The molecule has 2 aromatic rings. The molecule has 0 aliphatic carbocycles. The highest BCUT2D eigenvalue weighted by Crippen LogP contribution is 2.31. The zero-order valence-electron chi connectivity index (χ0n) is 9.71. The minimum Gasteiger partial charge on any atom is -0.495 e. The van der Waals surface area contributed by atoms with Gasteiger partial charge >= 0.3 is 0 Å². The third-order valence-electron chi connectivity index (χ3n) is 2.44. The van der Waals surface area contributed by atoms with Crippen LogP contribution in [0.25, 0.3) is 0 Å². The number of nitrogen functional groups attached to an aromatic ring is 1. The maximum atomic E-state index is 6.11. The molecule has 0 atom stereocenters. The van der Waals surface area contributed by atoms with Crippen molar-refractivity contribution in [3.8, 4) is 5.75 Å². The third kappa shape index (κ3) is 2.89. The summed E-state index contributed by atoms with van der Waals surface area (Å²) in [4.78, 5) is 0. The fourth-order valence-corrected chi connectivity index (χ4v) is 2.06. The van der Waals surface area contributed by atoms with E-state index in [0.29, 0.717) is 16.5 Å². The van der Waals surface area contributed by atoms with E-state index in [-0.39, 0.29) is 0 Å². The van der Waals surface area contributed by atoms with Gasteiger partial charge in [0.2, 0.25) is 0 Å². The van der Waals surface area contributed by atoms with Gasteiger partial charge in [0, 0.05) is 16.2 Å². The van der Waals surface area contributed by atoms with Crippen molar-refractivity contribution in [1.29, 1.82) is 0 Å². The molecule has 0 aliphatic heterocycles. The molecule has 3 N–H and O–H groups in total. The Balaban J connectivity index is 2.31. The number of nitrogens with two attached hydrogens (primary N) is 1. The van der Waals surface area contributed by atoms with Crippen molar-refractivity contribution in [3.63, 3.8) is 0 Å². The van der Waals surface area contributed by atoms with Gasteiger partial charge in [0.1, 0.15) is 5.75 Å². The molecule has 0 spiro atoms. The Morgan fingerprint density at radius 1 is 1.22 bits per heavy atom. The lowest BCUT2D eigenvalue weighted by atomic mass is 10.2. The van der Waals surface area contributed by atoms with Crippen LogP contribution in [0, 0.1) is 0 Å². The molecule has 2 aromatic carbocycles. The lowest BCUT2D eigenvalue weighted by Gasteiger charge is -2.11. The monoisotopic (exact) mass is 326 g/mol. The van der Waals surface area contributed by atoms with Gasteiger partial charge in [0.15, 0.2) is 0 Å². The summed E-state index contributed by atoms with van der Waals surface area (Å²) in [6.07, 6.45) is 0. The second kappa shape index (κ2) is 5.50. The molecule has 0 aromatic heterocycles. The summed E-state index contributed by atoms with van der Waals surface area (Å²) in [6, 6.07) is 11.1. The van der Waals surface area contributed by atoms with E-state index in [9.17, 15) is 0 Å². The summed E-state index contributed by atoms with van der Waals surface area (Å²) in [5.74, 6) is 0.631. The highest BCUT2D eigenvalue weighted by molar-refractivity contribution is 9.10. The van der Waals surface area contributed by atoms with Gasteiger partial charge in [-0.25, -0.2) is 0 Å². The van der Waals surface area contributed by atoms with Crippen LogP contribution in [0.5, 0.6) is 5.75 Å². The van der Waals surface area contributed by atoms with E-state index in [1.165, 1.54) is 0 Å². The Hall–Kier alpha value is -1.39. The van der Waals surface area contributed by atoms with Crippen LogP contribution in [-0.2, 0) is 0 Å². The molecular formula is C13H12BrClN2O. The second-order valence-electron chi connectivity index (χ2n) is 3.71. The molecule has 0 saturated heterocycles. The van der Waals surface area contributed by atoms with Crippen molar-refractivity contribution in [3.05, 3.63) is 45.9 Å². The van der Waals surface area contributed by atoms with Crippen molar-refractivity contribution in [2.24, 2.45) is 0 Å². The maximum Gasteiger partial charge on any atom is 0.143 e. The van der Waals surface area contributed by atoms with Crippen LogP contribution in [0.4, 0.5) is 17.1 Å². The Bertz CT molecular complexity index is 575. The molecule has 0 fully saturated rings. The molecule has 0 radical (unpaired) electrons. The molecule has 0 aliphatic rings. The second-order valence-corrected chi connectivity index (χ2v) is 5.03. The van der Waals surface area contributed by atoms with Gasteiger partial charge in [-0.2, -0.15) is 0 Å². The van der Waals surface area contributed by atoms with Crippen LogP contribution in [0.2, 0.25) is 5.02 Å². The van der Waals surface area contributed by atoms with Crippen LogP contribution in [0.15, 0.2) is 40.9 Å². The summed E-state index contributed by atoms with van der Waals surface area (Å²) in [7, 11) is 1.58. The number of hydrogen-bond donors (Lipinski definition) is 2. The number of rotatable bonds is 3. The first-order chi connectivity index (χ1) is 8.60. The lowest BCUT2D eigenvalue weighted by molar-refractivity contribution is 0.417. The van der Waals surface area contributed by atoms with E-state index in [0.717, 1.165) is 15.8 Å². The minimum absolute atomic E-state index is 0.600. The predicted molar refractivity (Wildman–Crippen MR) is 79.8 cm³/mol. The first kappa shape index (κ1) is 13.1. The largest absolute Gasteiger partial charge is 0.495 e. The van der Waals surface area contributed by atoms with Gasteiger partial charge in [-0.3, -0.25) is 0 Å². The highest BCUT2D eigenvalue weighted by atomic mass is 79.9. The standard InChI is InChI=1S/C13H12BrClN2O/c1-18-13-7-9(3-5-11(13)16)17-12-6-8(14)2-4-10(12)15/h2-7,17H,16H2,1H3. The lowest BCUT2D eigenvalue weighted by Crippen LogP contribution is -1.95. The molecule has 94 valence electrons. The minimum atomic E-state index is 0.600. The van der Waals surface area contributed by atoms with E-state index in [1.807, 2.05) is 30.3 Å². The maximum absolute atomic E-state index is 6.11. The van der Waals surface area contributed by atoms with Gasteiger partial charge in [0.05, 0.1) is 23.5 Å². The molecule has 18 heavy (non-hydrogen) atoms. The van der Waals surface area contributed by atoms with Crippen LogP contribution in [0.3, 0.4) is 0 Å². The van der Waals surface area contributed by atoms with E-state index >= 15 is 0 Å². The van der Waals surface area contributed by atoms with Gasteiger partial charge < -0.3 is 15.8 Å². The first-order valence-corrected chi connectivity index (χ1v) is 6.43. The van der Waals surface area contributed by atoms with E-state index in [2.05, 4.69) is 21.2 Å². The van der Waals surface area contributed by atoms with Crippen molar-refractivity contribution < 1.29 is 4.74 Å². The number of halogens is 2. The summed E-state index contributed by atoms with van der Waals surface area (Å²) in [5, 5.41) is 3.86. The van der Waals surface area contributed by atoms with Crippen LogP contribution in [-0.4, -0.2) is 7.11 Å². The number of ether oxygens (including phenoxy) is 1. The normalized spacial score (nSPS) is 10.2. The fourth-order valence-electron chi connectivity index (χ4n) is 1.54. The molecule has 5 heteroatoms. The Labute approximate surface area is 119 Å². The van der Waals surface area contributed by atoms with Gasteiger partial charge in [-0.1, -0.05) is 27.5 Å². The van der Waals surface area contributed by atoms with Crippen molar-refractivity contribution in [2.75, 3.05) is 18.2 Å². The molecule has 2 rings (SSSR count). The van der Waals surface area contributed by atoms with Gasteiger partial charge in [-0.15, -0.1) is 0 Å². The number of nitrogens with one attached hydrogen (secondary N) is 1. The van der Waals surface area contributed by atoms with Crippen molar-refractivity contribution in [2.45, 2.75) is 0 Å². The number of anilines is 3. The van der Waals surface area contributed by atoms with Crippen LogP contribution < -0.4 is 15.8 Å². The van der Waals surface area contributed by atoms with Gasteiger partial charge in [0.25, 0.3) is 0 Å². The molecular weight excluding hydrogens is 316 g/mol. The zero-order chi connectivity index (χ0) is 13.1. The molecule has 0 heterocycles. The molecule has 3 nitrogen and oxygen atoms in total. The molecule has 0 unspecified atom stereocenters. The first-order valence-electron chi connectivity index (χ1n) is 5.26. The summed E-state index contributed by atoms with van der Waals surface area (Å²) in [5.41, 5.74) is 8.04.